The van der Waals surface area contributed by atoms with Gasteiger partial charge in [0, 0.05) is 37.5 Å². The fourth-order valence-corrected chi connectivity index (χ4v) is 4.31. The molecule has 0 radical (unpaired) electrons. The molecule has 4 rings (SSSR count). The SMILES string of the molecule is CC(=O)Nc1c(C)nn(-c2ccc(Cl)cc2)c1N1CCC(C(=O)NCc2ccc(F)cc2)CC1. The van der Waals surface area contributed by atoms with Gasteiger partial charge in [0.25, 0.3) is 0 Å². The molecule has 0 atom stereocenters. The third-order valence-electron chi connectivity index (χ3n) is 5.95. The highest BCUT2D eigenvalue weighted by Gasteiger charge is 2.29. The van der Waals surface area contributed by atoms with Crippen molar-refractivity contribution in [1.29, 1.82) is 0 Å². The topological polar surface area (TPSA) is 79.3 Å². The van der Waals surface area contributed by atoms with E-state index in [2.05, 4.69) is 20.6 Å². The van der Waals surface area contributed by atoms with Crippen LogP contribution in [0.2, 0.25) is 5.02 Å². The third kappa shape index (κ3) is 5.39. The molecule has 2 aromatic carbocycles. The molecular formula is C25H27ClFN5O2. The maximum Gasteiger partial charge on any atom is 0.223 e. The molecule has 0 bridgehead atoms. The molecular weight excluding hydrogens is 457 g/mol. The van der Waals surface area contributed by atoms with Crippen LogP contribution in [0.4, 0.5) is 15.9 Å². The summed E-state index contributed by atoms with van der Waals surface area (Å²) >= 11 is 6.06. The number of piperidine rings is 1. The number of nitrogens with one attached hydrogen (secondary N) is 2. The summed E-state index contributed by atoms with van der Waals surface area (Å²) in [5, 5.41) is 11.2. The summed E-state index contributed by atoms with van der Waals surface area (Å²) in [6.45, 7) is 4.98. The number of benzene rings is 2. The number of anilines is 2. The van der Waals surface area contributed by atoms with E-state index in [1.165, 1.54) is 19.1 Å². The summed E-state index contributed by atoms with van der Waals surface area (Å²) in [5.74, 6) is 0.201. The van der Waals surface area contributed by atoms with Crippen molar-refractivity contribution in [3.63, 3.8) is 0 Å². The molecule has 7 nitrogen and oxygen atoms in total. The number of amides is 2. The van der Waals surface area contributed by atoms with Gasteiger partial charge in [0.15, 0.2) is 5.82 Å². The average molecular weight is 484 g/mol. The Balaban J connectivity index is 1.48. The maximum absolute atomic E-state index is 13.1. The van der Waals surface area contributed by atoms with Crippen molar-refractivity contribution >= 4 is 34.9 Å². The van der Waals surface area contributed by atoms with E-state index in [1.54, 1.807) is 24.3 Å². The molecule has 0 saturated carbocycles. The Morgan fingerprint density at radius 1 is 1.09 bits per heavy atom. The first-order valence-corrected chi connectivity index (χ1v) is 11.6. The van der Waals surface area contributed by atoms with Crippen LogP contribution in [-0.2, 0) is 16.1 Å². The summed E-state index contributed by atoms with van der Waals surface area (Å²) in [7, 11) is 0. The number of carbonyl (C=O) groups excluding carboxylic acids is 2. The minimum atomic E-state index is -0.297. The lowest BCUT2D eigenvalue weighted by molar-refractivity contribution is -0.125. The number of rotatable bonds is 6. The van der Waals surface area contributed by atoms with Crippen LogP contribution < -0.4 is 15.5 Å². The van der Waals surface area contributed by atoms with Crippen LogP contribution in [0.25, 0.3) is 5.69 Å². The van der Waals surface area contributed by atoms with Gasteiger partial charge in [-0.05, 0) is 61.7 Å². The van der Waals surface area contributed by atoms with Crippen molar-refractivity contribution in [2.24, 2.45) is 5.92 Å². The predicted molar refractivity (Wildman–Crippen MR) is 131 cm³/mol. The molecule has 2 heterocycles. The molecule has 1 fully saturated rings. The molecule has 34 heavy (non-hydrogen) atoms. The Morgan fingerprint density at radius 2 is 1.74 bits per heavy atom. The number of hydrogen-bond acceptors (Lipinski definition) is 4. The molecule has 1 aliphatic rings. The van der Waals surface area contributed by atoms with Crippen molar-refractivity contribution in [3.05, 3.63) is 70.6 Å². The largest absolute Gasteiger partial charge is 0.355 e. The van der Waals surface area contributed by atoms with Crippen LogP contribution in [0, 0.1) is 18.7 Å². The highest BCUT2D eigenvalue weighted by molar-refractivity contribution is 6.30. The van der Waals surface area contributed by atoms with E-state index < -0.39 is 0 Å². The molecule has 1 aromatic heterocycles. The Bertz CT molecular complexity index is 1170. The van der Waals surface area contributed by atoms with Crippen LogP contribution in [0.3, 0.4) is 0 Å². The van der Waals surface area contributed by atoms with Gasteiger partial charge in [-0.15, -0.1) is 0 Å². The number of hydrogen-bond donors (Lipinski definition) is 2. The van der Waals surface area contributed by atoms with Crippen molar-refractivity contribution in [2.45, 2.75) is 33.2 Å². The minimum absolute atomic E-state index is 0.00607. The fourth-order valence-electron chi connectivity index (χ4n) is 4.18. The van der Waals surface area contributed by atoms with Crippen LogP contribution >= 0.6 is 11.6 Å². The zero-order chi connectivity index (χ0) is 24.2. The smallest absolute Gasteiger partial charge is 0.223 e. The van der Waals surface area contributed by atoms with E-state index in [-0.39, 0.29) is 23.5 Å². The summed E-state index contributed by atoms with van der Waals surface area (Å²) in [5.41, 5.74) is 3.06. The van der Waals surface area contributed by atoms with Gasteiger partial charge in [-0.1, -0.05) is 23.7 Å². The van der Waals surface area contributed by atoms with Gasteiger partial charge >= 0.3 is 0 Å². The summed E-state index contributed by atoms with van der Waals surface area (Å²) in [6.07, 6.45) is 1.33. The Labute approximate surface area is 202 Å². The first-order chi connectivity index (χ1) is 16.3. The molecule has 2 amide bonds. The number of halogens is 2. The Kier molecular flexibility index (Phi) is 7.17. The first-order valence-electron chi connectivity index (χ1n) is 11.2. The van der Waals surface area contributed by atoms with Gasteiger partial charge in [0.2, 0.25) is 11.8 Å². The second-order valence-corrected chi connectivity index (χ2v) is 8.90. The molecule has 2 N–H and O–H groups in total. The van der Waals surface area contributed by atoms with Crippen LogP contribution in [0.15, 0.2) is 48.5 Å². The van der Waals surface area contributed by atoms with Crippen molar-refractivity contribution in [1.82, 2.24) is 15.1 Å². The summed E-state index contributed by atoms with van der Waals surface area (Å²) < 4.78 is 14.9. The van der Waals surface area contributed by atoms with Crippen molar-refractivity contribution < 1.29 is 14.0 Å². The fraction of sp³-hybridized carbons (Fsp3) is 0.320. The Hall–Kier alpha value is -3.39. The summed E-state index contributed by atoms with van der Waals surface area (Å²) in [6, 6.07) is 13.5. The molecule has 178 valence electrons. The zero-order valence-corrected chi connectivity index (χ0v) is 19.9. The molecule has 0 unspecified atom stereocenters. The van der Waals surface area contributed by atoms with Gasteiger partial charge in [-0.3, -0.25) is 9.59 Å². The highest BCUT2D eigenvalue weighted by Crippen LogP contribution is 2.35. The monoisotopic (exact) mass is 483 g/mol. The maximum atomic E-state index is 13.1. The highest BCUT2D eigenvalue weighted by atomic mass is 35.5. The number of aryl methyl sites for hydroxylation is 1. The first kappa shape index (κ1) is 23.8. The van der Waals surface area contributed by atoms with Crippen molar-refractivity contribution in [3.8, 4) is 5.69 Å². The molecule has 0 aliphatic carbocycles. The van der Waals surface area contributed by atoms with E-state index in [0.717, 1.165) is 17.1 Å². The standard InChI is InChI=1S/C25H27ClFN5O2/c1-16-23(29-17(2)33)25(32(30-16)22-9-5-20(26)6-10-22)31-13-11-19(12-14-31)24(34)28-15-18-3-7-21(27)8-4-18/h3-10,19H,11-15H2,1-2H3,(H,28,34)(H,29,33). The van der Waals surface area contributed by atoms with Gasteiger partial charge in [0.1, 0.15) is 11.5 Å². The van der Waals surface area contributed by atoms with E-state index in [9.17, 15) is 14.0 Å². The quantitative estimate of drug-likeness (QED) is 0.542. The van der Waals surface area contributed by atoms with Gasteiger partial charge in [-0.25, -0.2) is 9.07 Å². The van der Waals surface area contributed by atoms with E-state index >= 15 is 0 Å². The van der Waals surface area contributed by atoms with E-state index in [4.69, 9.17) is 11.6 Å². The summed E-state index contributed by atoms with van der Waals surface area (Å²) in [4.78, 5) is 26.8. The normalized spacial score (nSPS) is 14.2. The third-order valence-corrected chi connectivity index (χ3v) is 6.21. The number of nitrogens with zero attached hydrogens (tertiary/aromatic N) is 3. The lowest BCUT2D eigenvalue weighted by atomic mass is 9.95. The van der Waals surface area contributed by atoms with Gasteiger partial charge in [-0.2, -0.15) is 5.10 Å². The van der Waals surface area contributed by atoms with Crippen molar-refractivity contribution in [2.75, 3.05) is 23.3 Å². The second-order valence-electron chi connectivity index (χ2n) is 8.46. The molecule has 0 spiro atoms. The van der Waals surface area contributed by atoms with E-state index in [1.807, 2.05) is 23.7 Å². The minimum Gasteiger partial charge on any atom is -0.355 e. The average Bonchev–Trinajstić information content (AvgIpc) is 3.14. The lowest BCUT2D eigenvalue weighted by Gasteiger charge is -2.33. The lowest BCUT2D eigenvalue weighted by Crippen LogP contribution is -2.41. The zero-order valence-electron chi connectivity index (χ0n) is 19.1. The molecule has 1 aliphatic heterocycles. The van der Waals surface area contributed by atoms with Crippen LogP contribution in [0.5, 0.6) is 0 Å². The van der Waals surface area contributed by atoms with E-state index in [0.29, 0.717) is 48.9 Å². The van der Waals surface area contributed by atoms with Crippen LogP contribution in [0.1, 0.15) is 31.0 Å². The number of carbonyl (C=O) groups is 2. The second kappa shape index (κ2) is 10.3. The number of aromatic nitrogens is 2. The predicted octanol–water partition coefficient (Wildman–Crippen LogP) is 4.46. The molecule has 3 aromatic rings. The van der Waals surface area contributed by atoms with Crippen LogP contribution in [-0.4, -0.2) is 34.7 Å². The van der Waals surface area contributed by atoms with Gasteiger partial charge in [0.05, 0.1) is 11.4 Å². The Morgan fingerprint density at radius 3 is 2.35 bits per heavy atom. The molecule has 1 saturated heterocycles. The van der Waals surface area contributed by atoms with Gasteiger partial charge < -0.3 is 15.5 Å². The molecule has 9 heteroatoms.